The Bertz CT molecular complexity index is 1600. The number of hydrogen-bond donors (Lipinski definition) is 2. The van der Waals surface area contributed by atoms with E-state index >= 15 is 0 Å². The molecule has 2 heterocycles. The second-order valence-electron chi connectivity index (χ2n) is 9.30. The monoisotopic (exact) mass is 510 g/mol. The minimum Gasteiger partial charge on any atom is -0.350 e. The van der Waals surface area contributed by atoms with Crippen LogP contribution in [0.1, 0.15) is 38.1 Å². The van der Waals surface area contributed by atoms with Crippen LogP contribution in [0.4, 0.5) is 5.69 Å². The third-order valence-corrected chi connectivity index (χ3v) is 5.64. The van der Waals surface area contributed by atoms with Gasteiger partial charge in [0.15, 0.2) is 0 Å². The van der Waals surface area contributed by atoms with E-state index in [0.717, 1.165) is 4.68 Å². The molecule has 0 spiro atoms. The number of hydrogen-bond acceptors (Lipinski definition) is 5. The van der Waals surface area contributed by atoms with Gasteiger partial charge in [-0.05, 0) is 56.2 Å². The van der Waals surface area contributed by atoms with Crippen molar-refractivity contribution in [2.24, 2.45) is 5.92 Å². The topological polar surface area (TPSA) is 120 Å². The molecule has 2 aromatic heterocycles. The Balaban J connectivity index is 1.85. The molecule has 0 saturated heterocycles. The van der Waals surface area contributed by atoms with E-state index in [-0.39, 0.29) is 46.7 Å². The van der Waals surface area contributed by atoms with Gasteiger partial charge in [0.05, 0.1) is 10.9 Å². The molecular weight excluding hydrogens is 484 g/mol. The number of aromatic nitrogens is 4. The zero-order chi connectivity index (χ0) is 26.1. The summed E-state index contributed by atoms with van der Waals surface area (Å²) < 4.78 is 3.71. The first kappa shape index (κ1) is 25.2. The van der Waals surface area contributed by atoms with Crippen LogP contribution in [-0.4, -0.2) is 36.6 Å². The molecule has 4 aromatic rings. The quantitative estimate of drug-likeness (QED) is 0.396. The fourth-order valence-electron chi connectivity index (χ4n) is 3.94. The number of nitrogens with zero attached hydrogens (tertiary/aromatic N) is 4. The van der Waals surface area contributed by atoms with Crippen molar-refractivity contribution >= 4 is 45.8 Å². The van der Waals surface area contributed by atoms with E-state index in [1.807, 2.05) is 27.7 Å². The average Bonchev–Trinajstić information content (AvgIpc) is 3.11. The van der Waals surface area contributed by atoms with Crippen molar-refractivity contribution in [3.8, 4) is 0 Å². The van der Waals surface area contributed by atoms with Gasteiger partial charge in [-0.3, -0.25) is 19.0 Å². The summed E-state index contributed by atoms with van der Waals surface area (Å²) in [5, 5.41) is 10.6. The Morgan fingerprint density at radius 3 is 2.47 bits per heavy atom. The minimum atomic E-state index is -0.602. The molecule has 0 radical (unpaired) electrons. The first-order chi connectivity index (χ1) is 17.0. The molecule has 0 fully saturated rings. The van der Waals surface area contributed by atoms with E-state index in [4.69, 9.17) is 11.6 Å². The number of rotatable bonds is 7. The summed E-state index contributed by atoms with van der Waals surface area (Å²) >= 11 is 5.98. The Morgan fingerprint density at radius 1 is 1.06 bits per heavy atom. The molecule has 2 aromatic carbocycles. The fraction of sp³-hybridized carbons (Fsp3) is 0.320. The largest absolute Gasteiger partial charge is 0.352 e. The summed E-state index contributed by atoms with van der Waals surface area (Å²) in [5.41, 5.74) is 0.0970. The standard InChI is InChI=1S/C25H27ClN6O4/c1-14(2)12-30-23(35)19-9-8-16(22(34)27-15(3)4)10-20(19)32-24(30)29-31(25(32)36)13-21(33)28-18-7-5-6-17(26)11-18/h5-11,14-15H,12-13H2,1-4H3,(H,27,34)(H,28,33). The van der Waals surface area contributed by atoms with E-state index in [9.17, 15) is 19.2 Å². The molecule has 2 N–H and O–H groups in total. The Labute approximate surface area is 211 Å². The molecule has 10 nitrogen and oxygen atoms in total. The Morgan fingerprint density at radius 2 is 1.81 bits per heavy atom. The van der Waals surface area contributed by atoms with Gasteiger partial charge in [-0.15, -0.1) is 5.10 Å². The van der Waals surface area contributed by atoms with Gasteiger partial charge < -0.3 is 10.6 Å². The third kappa shape index (κ3) is 5.03. The molecule has 0 aliphatic heterocycles. The lowest BCUT2D eigenvalue weighted by atomic mass is 10.1. The molecule has 188 valence electrons. The number of benzene rings is 2. The smallest absolute Gasteiger partial charge is 0.350 e. The van der Waals surface area contributed by atoms with Gasteiger partial charge in [-0.2, -0.15) is 0 Å². The van der Waals surface area contributed by atoms with Crippen LogP contribution in [-0.2, 0) is 17.9 Å². The lowest BCUT2D eigenvalue weighted by Crippen LogP contribution is -2.31. The van der Waals surface area contributed by atoms with Crippen LogP contribution in [0.15, 0.2) is 52.1 Å². The van der Waals surface area contributed by atoms with E-state index in [1.54, 1.807) is 36.4 Å². The molecular formula is C25H27ClN6O4. The molecule has 11 heteroatoms. The van der Waals surface area contributed by atoms with Gasteiger partial charge in [-0.1, -0.05) is 31.5 Å². The highest BCUT2D eigenvalue weighted by Crippen LogP contribution is 2.16. The molecule has 2 amide bonds. The summed E-state index contributed by atoms with van der Waals surface area (Å²) in [6.45, 7) is 7.51. The maximum Gasteiger partial charge on any atom is 0.352 e. The number of nitrogens with one attached hydrogen (secondary N) is 2. The highest BCUT2D eigenvalue weighted by atomic mass is 35.5. The number of amides is 2. The molecule has 36 heavy (non-hydrogen) atoms. The van der Waals surface area contributed by atoms with Gasteiger partial charge in [0, 0.05) is 28.9 Å². The molecule has 0 saturated carbocycles. The van der Waals surface area contributed by atoms with Crippen LogP contribution in [0.3, 0.4) is 0 Å². The van der Waals surface area contributed by atoms with E-state index in [2.05, 4.69) is 15.7 Å². The van der Waals surface area contributed by atoms with Crippen molar-refractivity contribution in [3.05, 3.63) is 73.9 Å². The minimum absolute atomic E-state index is 0.0873. The van der Waals surface area contributed by atoms with E-state index in [1.165, 1.54) is 15.0 Å². The van der Waals surface area contributed by atoms with Crippen LogP contribution < -0.4 is 21.9 Å². The first-order valence-corrected chi connectivity index (χ1v) is 12.0. The molecule has 0 aliphatic rings. The summed E-state index contributed by atoms with van der Waals surface area (Å²) in [4.78, 5) is 52.1. The van der Waals surface area contributed by atoms with Crippen molar-refractivity contribution in [3.63, 3.8) is 0 Å². The first-order valence-electron chi connectivity index (χ1n) is 11.6. The average molecular weight is 511 g/mol. The van der Waals surface area contributed by atoms with E-state index in [0.29, 0.717) is 22.8 Å². The highest BCUT2D eigenvalue weighted by molar-refractivity contribution is 6.30. The van der Waals surface area contributed by atoms with Crippen LogP contribution >= 0.6 is 11.6 Å². The van der Waals surface area contributed by atoms with Crippen molar-refractivity contribution in [2.75, 3.05) is 5.32 Å². The van der Waals surface area contributed by atoms with Gasteiger partial charge in [0.25, 0.3) is 11.5 Å². The summed E-state index contributed by atoms with van der Waals surface area (Å²) in [7, 11) is 0. The molecule has 4 rings (SSSR count). The SMILES string of the molecule is CC(C)Cn1c(=O)c2ccc(C(=O)NC(C)C)cc2n2c(=O)n(CC(=O)Nc3cccc(Cl)c3)nc12. The van der Waals surface area contributed by atoms with Crippen molar-refractivity contribution in [1.29, 1.82) is 0 Å². The van der Waals surface area contributed by atoms with Gasteiger partial charge in [0.1, 0.15) is 6.54 Å². The number of anilines is 1. The van der Waals surface area contributed by atoms with Gasteiger partial charge in [0.2, 0.25) is 11.7 Å². The predicted molar refractivity (Wildman–Crippen MR) is 139 cm³/mol. The second kappa shape index (κ2) is 9.98. The predicted octanol–water partition coefficient (Wildman–Crippen LogP) is 2.90. The number of halogens is 1. The number of carbonyl (C=O) groups excluding carboxylic acids is 2. The van der Waals surface area contributed by atoms with Crippen LogP contribution in [0.5, 0.6) is 0 Å². The summed E-state index contributed by atoms with van der Waals surface area (Å²) in [6, 6.07) is 11.1. The van der Waals surface area contributed by atoms with E-state index < -0.39 is 11.6 Å². The lowest BCUT2D eigenvalue weighted by molar-refractivity contribution is -0.117. The summed E-state index contributed by atoms with van der Waals surface area (Å²) in [6.07, 6.45) is 0. The maximum absolute atomic E-state index is 13.4. The molecule has 0 atom stereocenters. The van der Waals surface area contributed by atoms with Crippen molar-refractivity contribution in [2.45, 2.75) is 46.8 Å². The van der Waals surface area contributed by atoms with Crippen LogP contribution in [0.2, 0.25) is 5.02 Å². The van der Waals surface area contributed by atoms with Crippen LogP contribution in [0, 0.1) is 5.92 Å². The highest BCUT2D eigenvalue weighted by Gasteiger charge is 2.20. The zero-order valence-corrected chi connectivity index (χ0v) is 21.2. The molecule has 0 unspecified atom stereocenters. The number of carbonyl (C=O) groups is 2. The number of fused-ring (bicyclic) bond motifs is 3. The van der Waals surface area contributed by atoms with Gasteiger partial charge >= 0.3 is 5.69 Å². The Hall–Kier alpha value is -3.92. The maximum atomic E-state index is 13.4. The lowest BCUT2D eigenvalue weighted by Gasteiger charge is -2.13. The zero-order valence-electron chi connectivity index (χ0n) is 20.4. The Kier molecular flexibility index (Phi) is 6.98. The summed E-state index contributed by atoms with van der Waals surface area (Å²) in [5.74, 6) is -0.621. The van der Waals surface area contributed by atoms with Crippen molar-refractivity contribution < 1.29 is 9.59 Å². The van der Waals surface area contributed by atoms with Crippen molar-refractivity contribution in [1.82, 2.24) is 24.1 Å². The molecule has 0 aliphatic carbocycles. The van der Waals surface area contributed by atoms with Crippen LogP contribution in [0.25, 0.3) is 16.7 Å². The normalized spacial score (nSPS) is 11.5. The second-order valence-corrected chi connectivity index (χ2v) is 9.74. The fourth-order valence-corrected chi connectivity index (χ4v) is 4.13. The van der Waals surface area contributed by atoms with Gasteiger partial charge in [-0.25, -0.2) is 13.9 Å². The third-order valence-electron chi connectivity index (χ3n) is 5.41. The molecule has 0 bridgehead atoms.